The number of carbonyl (C=O) groups excluding carboxylic acids is 1. The molecule has 1 aromatic rings. The summed E-state index contributed by atoms with van der Waals surface area (Å²) in [6.45, 7) is 0.283. The number of halogens is 1. The van der Waals surface area contributed by atoms with Crippen molar-refractivity contribution in [2.75, 3.05) is 6.54 Å². The van der Waals surface area contributed by atoms with E-state index < -0.39 is 0 Å². The standard InChI is InChI=1S/C8H6INOS/c1-2-3-10-8(11)6-4-7(9)12-5-6/h1,4-5H,3H2,(H,10,11). The van der Waals surface area contributed by atoms with Crippen LogP contribution in [0.2, 0.25) is 0 Å². The lowest BCUT2D eigenvalue weighted by Gasteiger charge is -1.95. The van der Waals surface area contributed by atoms with Crippen LogP contribution in [0.1, 0.15) is 10.4 Å². The summed E-state index contributed by atoms with van der Waals surface area (Å²) in [5, 5.41) is 4.40. The van der Waals surface area contributed by atoms with Crippen molar-refractivity contribution in [2.45, 2.75) is 0 Å². The number of nitrogens with one attached hydrogen (secondary N) is 1. The Kier molecular flexibility index (Phi) is 3.56. The number of carbonyl (C=O) groups is 1. The molecule has 1 aromatic heterocycles. The van der Waals surface area contributed by atoms with E-state index in [0.29, 0.717) is 5.56 Å². The molecule has 4 heteroatoms. The molecule has 0 aliphatic heterocycles. The fourth-order valence-electron chi connectivity index (χ4n) is 0.663. The third-order valence-electron chi connectivity index (χ3n) is 1.18. The van der Waals surface area contributed by atoms with Crippen LogP contribution in [0.15, 0.2) is 11.4 Å². The van der Waals surface area contributed by atoms with Gasteiger partial charge in [-0.2, -0.15) is 0 Å². The van der Waals surface area contributed by atoms with Crippen molar-refractivity contribution in [3.63, 3.8) is 0 Å². The Bertz CT molecular complexity index is 326. The molecule has 0 aromatic carbocycles. The summed E-state index contributed by atoms with van der Waals surface area (Å²) in [4.78, 5) is 11.2. The molecule has 1 N–H and O–H groups in total. The van der Waals surface area contributed by atoms with Gasteiger partial charge in [0.25, 0.3) is 5.91 Å². The van der Waals surface area contributed by atoms with Gasteiger partial charge in [-0.15, -0.1) is 17.8 Å². The number of hydrogen-bond acceptors (Lipinski definition) is 2. The first-order chi connectivity index (χ1) is 5.74. The van der Waals surface area contributed by atoms with Gasteiger partial charge in [0, 0.05) is 5.38 Å². The van der Waals surface area contributed by atoms with Crippen LogP contribution in [-0.4, -0.2) is 12.5 Å². The quantitative estimate of drug-likeness (QED) is 0.652. The molecule has 0 atom stereocenters. The van der Waals surface area contributed by atoms with Gasteiger partial charge in [0.15, 0.2) is 0 Å². The van der Waals surface area contributed by atoms with Crippen LogP contribution in [-0.2, 0) is 0 Å². The Morgan fingerprint density at radius 1 is 1.83 bits per heavy atom. The summed E-state index contributed by atoms with van der Waals surface area (Å²) in [6.07, 6.45) is 5.00. The number of hydrogen-bond donors (Lipinski definition) is 1. The Labute approximate surface area is 88.5 Å². The molecular weight excluding hydrogens is 285 g/mol. The van der Waals surface area contributed by atoms with Crippen LogP contribution in [0, 0.1) is 15.2 Å². The van der Waals surface area contributed by atoms with Crippen LogP contribution < -0.4 is 5.32 Å². The van der Waals surface area contributed by atoms with Gasteiger partial charge in [-0.05, 0) is 28.7 Å². The maximum absolute atomic E-state index is 11.2. The molecule has 0 aliphatic rings. The minimum Gasteiger partial charge on any atom is -0.341 e. The van der Waals surface area contributed by atoms with Crippen molar-refractivity contribution in [1.29, 1.82) is 0 Å². The Balaban J connectivity index is 2.61. The van der Waals surface area contributed by atoms with Crippen molar-refractivity contribution < 1.29 is 4.79 Å². The molecule has 1 heterocycles. The summed E-state index contributed by atoms with van der Waals surface area (Å²) >= 11 is 3.71. The fraction of sp³-hybridized carbons (Fsp3) is 0.125. The smallest absolute Gasteiger partial charge is 0.252 e. The second-order valence-corrected chi connectivity index (χ2v) is 4.83. The molecule has 0 aliphatic carbocycles. The number of amides is 1. The predicted molar refractivity (Wildman–Crippen MR) is 58.2 cm³/mol. The zero-order valence-corrected chi connectivity index (χ0v) is 9.11. The molecule has 0 fully saturated rings. The highest BCUT2D eigenvalue weighted by Gasteiger charge is 2.05. The summed E-state index contributed by atoms with van der Waals surface area (Å²) in [5.41, 5.74) is 0.680. The second-order valence-electron chi connectivity index (χ2n) is 2.03. The topological polar surface area (TPSA) is 29.1 Å². The van der Waals surface area contributed by atoms with Crippen LogP contribution in [0.4, 0.5) is 0 Å². The third-order valence-corrected chi connectivity index (χ3v) is 2.97. The molecule has 0 unspecified atom stereocenters. The van der Waals surface area contributed by atoms with Crippen molar-refractivity contribution in [1.82, 2.24) is 5.32 Å². The monoisotopic (exact) mass is 291 g/mol. The largest absolute Gasteiger partial charge is 0.341 e. The molecule has 1 amide bonds. The average molecular weight is 291 g/mol. The van der Waals surface area contributed by atoms with Gasteiger partial charge in [0.1, 0.15) is 0 Å². The Hall–Kier alpha value is -0.540. The summed E-state index contributed by atoms with van der Waals surface area (Å²) in [6, 6.07) is 1.83. The maximum atomic E-state index is 11.2. The van der Waals surface area contributed by atoms with Gasteiger partial charge in [-0.3, -0.25) is 4.79 Å². The maximum Gasteiger partial charge on any atom is 0.252 e. The Morgan fingerprint density at radius 3 is 3.08 bits per heavy atom. The molecule has 0 saturated heterocycles. The zero-order valence-electron chi connectivity index (χ0n) is 6.13. The molecule has 0 radical (unpaired) electrons. The van der Waals surface area contributed by atoms with Crippen LogP contribution >= 0.6 is 33.9 Å². The molecule has 0 spiro atoms. The molecule has 62 valence electrons. The molecule has 0 saturated carbocycles. The lowest BCUT2D eigenvalue weighted by atomic mass is 10.3. The number of rotatable bonds is 2. The summed E-state index contributed by atoms with van der Waals surface area (Å²) < 4.78 is 1.10. The highest BCUT2D eigenvalue weighted by molar-refractivity contribution is 14.1. The van der Waals surface area contributed by atoms with Gasteiger partial charge in [-0.25, -0.2) is 0 Å². The summed E-state index contributed by atoms with van der Waals surface area (Å²) in [5.74, 6) is 2.24. The van der Waals surface area contributed by atoms with E-state index in [4.69, 9.17) is 6.42 Å². The van der Waals surface area contributed by atoms with Crippen LogP contribution in [0.25, 0.3) is 0 Å². The van der Waals surface area contributed by atoms with Crippen LogP contribution in [0.3, 0.4) is 0 Å². The van der Waals surface area contributed by atoms with E-state index in [1.165, 1.54) is 0 Å². The van der Waals surface area contributed by atoms with Crippen LogP contribution in [0.5, 0.6) is 0 Å². The van der Waals surface area contributed by atoms with E-state index in [1.807, 2.05) is 11.4 Å². The normalized spacial score (nSPS) is 9.00. The highest BCUT2D eigenvalue weighted by atomic mass is 127. The first-order valence-electron chi connectivity index (χ1n) is 3.19. The van der Waals surface area contributed by atoms with E-state index in [9.17, 15) is 4.79 Å². The van der Waals surface area contributed by atoms with Gasteiger partial charge in [-0.1, -0.05) is 5.92 Å². The van der Waals surface area contributed by atoms with Gasteiger partial charge < -0.3 is 5.32 Å². The molecule has 12 heavy (non-hydrogen) atoms. The Morgan fingerprint density at radius 2 is 2.58 bits per heavy atom. The molecule has 1 rings (SSSR count). The highest BCUT2D eigenvalue weighted by Crippen LogP contribution is 2.16. The second kappa shape index (κ2) is 4.48. The van der Waals surface area contributed by atoms with Gasteiger partial charge in [0.2, 0.25) is 0 Å². The SMILES string of the molecule is C#CCNC(=O)c1csc(I)c1. The minimum absolute atomic E-state index is 0.105. The van der Waals surface area contributed by atoms with Crippen molar-refractivity contribution in [3.8, 4) is 12.3 Å². The minimum atomic E-state index is -0.105. The van der Waals surface area contributed by atoms with Crippen molar-refractivity contribution in [2.24, 2.45) is 0 Å². The van der Waals surface area contributed by atoms with Gasteiger partial charge >= 0.3 is 0 Å². The molecular formula is C8H6INOS. The molecule has 2 nitrogen and oxygen atoms in total. The average Bonchev–Trinajstić information content (AvgIpc) is 2.47. The molecule has 0 bridgehead atoms. The fourth-order valence-corrected chi connectivity index (χ4v) is 1.99. The van der Waals surface area contributed by atoms with E-state index in [1.54, 1.807) is 11.3 Å². The van der Waals surface area contributed by atoms with Gasteiger partial charge in [0.05, 0.1) is 15.0 Å². The van der Waals surface area contributed by atoms with E-state index >= 15 is 0 Å². The lowest BCUT2D eigenvalue weighted by Crippen LogP contribution is -2.22. The zero-order chi connectivity index (χ0) is 8.97. The van der Waals surface area contributed by atoms with E-state index in [-0.39, 0.29) is 12.5 Å². The first-order valence-corrected chi connectivity index (χ1v) is 5.15. The number of terminal acetylenes is 1. The summed E-state index contributed by atoms with van der Waals surface area (Å²) in [7, 11) is 0. The van der Waals surface area contributed by atoms with E-state index in [0.717, 1.165) is 2.88 Å². The third kappa shape index (κ3) is 2.50. The first kappa shape index (κ1) is 9.55. The lowest BCUT2D eigenvalue weighted by molar-refractivity contribution is 0.0959. The number of thiophene rings is 1. The van der Waals surface area contributed by atoms with E-state index in [2.05, 4.69) is 33.8 Å². The van der Waals surface area contributed by atoms with Crippen molar-refractivity contribution >= 4 is 39.8 Å². The predicted octanol–water partition coefficient (Wildman–Crippen LogP) is 1.72. The van der Waals surface area contributed by atoms with Crippen molar-refractivity contribution in [3.05, 3.63) is 19.9 Å².